The number of nitrogens with zero attached hydrogens (tertiary/aromatic N) is 1. The minimum atomic E-state index is 0.658. The summed E-state index contributed by atoms with van der Waals surface area (Å²) in [5.74, 6) is 1.53. The molecule has 2 atom stereocenters. The van der Waals surface area contributed by atoms with Gasteiger partial charge >= 0.3 is 0 Å². The fourth-order valence-corrected chi connectivity index (χ4v) is 2.37. The van der Waals surface area contributed by atoms with E-state index in [1.807, 2.05) is 0 Å². The minimum Gasteiger partial charge on any atom is -0.290 e. The Balaban J connectivity index is 2.46. The van der Waals surface area contributed by atoms with Gasteiger partial charge < -0.3 is 0 Å². The third kappa shape index (κ3) is 4.51. The van der Waals surface area contributed by atoms with Crippen LogP contribution < -0.4 is 0 Å². The average Bonchev–Trinajstić information content (AvgIpc) is 2.47. The lowest BCUT2D eigenvalue weighted by atomic mass is 9.91. The molecule has 0 saturated carbocycles. The number of allylic oxidation sites excluding steroid dienone is 2. The first-order valence-corrected chi connectivity index (χ1v) is 6.98. The summed E-state index contributed by atoms with van der Waals surface area (Å²) in [6, 6.07) is 0. The second kappa shape index (κ2) is 7.65. The highest BCUT2D eigenvalue weighted by Gasteiger charge is 2.16. The van der Waals surface area contributed by atoms with Crippen molar-refractivity contribution in [1.82, 2.24) is 0 Å². The summed E-state index contributed by atoms with van der Waals surface area (Å²) in [4.78, 5) is 4.76. The fraction of sp³-hybridized carbons (Fsp3) is 0.800. The van der Waals surface area contributed by atoms with E-state index in [-0.39, 0.29) is 0 Å². The molecular formula is C15H27N. The van der Waals surface area contributed by atoms with Gasteiger partial charge in [-0.1, -0.05) is 46.1 Å². The summed E-state index contributed by atoms with van der Waals surface area (Å²) in [5.41, 5.74) is 1.34. The molecular weight excluding hydrogens is 194 g/mol. The summed E-state index contributed by atoms with van der Waals surface area (Å²) in [6.45, 7) is 7.90. The molecule has 1 rings (SSSR count). The monoisotopic (exact) mass is 221 g/mol. The lowest BCUT2D eigenvalue weighted by Crippen LogP contribution is -2.11. The summed E-state index contributed by atoms with van der Waals surface area (Å²) in [7, 11) is 0. The van der Waals surface area contributed by atoms with E-state index in [1.54, 1.807) is 0 Å². The molecule has 16 heavy (non-hydrogen) atoms. The smallest absolute Gasteiger partial charge is 0.0392 e. The quantitative estimate of drug-likeness (QED) is 0.600. The summed E-state index contributed by atoms with van der Waals surface area (Å²) in [5, 5.41) is 0. The van der Waals surface area contributed by atoms with Gasteiger partial charge in [0.1, 0.15) is 0 Å². The Morgan fingerprint density at radius 3 is 2.81 bits per heavy atom. The first kappa shape index (κ1) is 13.5. The van der Waals surface area contributed by atoms with Gasteiger partial charge in [0.2, 0.25) is 0 Å². The van der Waals surface area contributed by atoms with Crippen LogP contribution in [0.15, 0.2) is 17.1 Å². The van der Waals surface area contributed by atoms with Crippen LogP contribution in [0.4, 0.5) is 0 Å². The molecule has 2 unspecified atom stereocenters. The largest absolute Gasteiger partial charge is 0.290 e. The van der Waals surface area contributed by atoms with Crippen LogP contribution >= 0.6 is 0 Å². The van der Waals surface area contributed by atoms with Gasteiger partial charge in [-0.15, -0.1) is 0 Å². The Morgan fingerprint density at radius 2 is 2.12 bits per heavy atom. The molecule has 0 heterocycles. The molecule has 0 amide bonds. The van der Waals surface area contributed by atoms with Crippen molar-refractivity contribution in [3.63, 3.8) is 0 Å². The van der Waals surface area contributed by atoms with Crippen molar-refractivity contribution in [2.75, 3.05) is 6.54 Å². The maximum absolute atomic E-state index is 4.76. The SMILES string of the molecule is CCCCCN=C1C=CCC(CC)CC1C. The maximum atomic E-state index is 4.76. The minimum absolute atomic E-state index is 0.658. The zero-order chi connectivity index (χ0) is 11.8. The highest BCUT2D eigenvalue weighted by atomic mass is 14.7. The summed E-state index contributed by atoms with van der Waals surface area (Å²) < 4.78 is 0. The van der Waals surface area contributed by atoms with Gasteiger partial charge in [0.05, 0.1) is 0 Å². The molecule has 1 aliphatic rings. The van der Waals surface area contributed by atoms with E-state index in [2.05, 4.69) is 32.9 Å². The normalized spacial score (nSPS) is 28.3. The molecule has 0 radical (unpaired) electrons. The lowest BCUT2D eigenvalue weighted by molar-refractivity contribution is 0.441. The lowest BCUT2D eigenvalue weighted by Gasteiger charge is -2.15. The predicted octanol–water partition coefficient (Wildman–Crippen LogP) is 4.63. The fourth-order valence-electron chi connectivity index (χ4n) is 2.37. The van der Waals surface area contributed by atoms with E-state index in [4.69, 9.17) is 4.99 Å². The summed E-state index contributed by atoms with van der Waals surface area (Å²) >= 11 is 0. The van der Waals surface area contributed by atoms with Gasteiger partial charge in [0.15, 0.2) is 0 Å². The van der Waals surface area contributed by atoms with Gasteiger partial charge in [-0.05, 0) is 37.2 Å². The Labute approximate surface area is 101 Å². The highest BCUT2D eigenvalue weighted by Crippen LogP contribution is 2.24. The van der Waals surface area contributed by atoms with Gasteiger partial charge in [0.25, 0.3) is 0 Å². The Morgan fingerprint density at radius 1 is 1.31 bits per heavy atom. The van der Waals surface area contributed by atoms with Crippen LogP contribution in [0.1, 0.15) is 59.3 Å². The van der Waals surface area contributed by atoms with Crippen LogP contribution in [-0.2, 0) is 0 Å². The molecule has 0 aromatic heterocycles. The van der Waals surface area contributed by atoms with E-state index in [9.17, 15) is 0 Å². The maximum Gasteiger partial charge on any atom is 0.0392 e. The van der Waals surface area contributed by atoms with Gasteiger partial charge in [-0.2, -0.15) is 0 Å². The molecule has 0 aliphatic heterocycles. The molecule has 1 aliphatic carbocycles. The zero-order valence-corrected chi connectivity index (χ0v) is 11.2. The molecule has 0 spiro atoms. The Bertz CT molecular complexity index is 240. The molecule has 0 fully saturated rings. The van der Waals surface area contributed by atoms with Gasteiger partial charge in [0, 0.05) is 12.3 Å². The van der Waals surface area contributed by atoms with E-state index in [0.717, 1.165) is 12.5 Å². The number of hydrogen-bond donors (Lipinski definition) is 0. The molecule has 0 aromatic rings. The van der Waals surface area contributed by atoms with Crippen LogP contribution in [0.25, 0.3) is 0 Å². The van der Waals surface area contributed by atoms with Crippen LogP contribution in [0.2, 0.25) is 0 Å². The van der Waals surface area contributed by atoms with E-state index in [1.165, 1.54) is 44.2 Å². The molecule has 0 N–H and O–H groups in total. The second-order valence-electron chi connectivity index (χ2n) is 5.06. The predicted molar refractivity (Wildman–Crippen MR) is 73.1 cm³/mol. The zero-order valence-electron chi connectivity index (χ0n) is 11.2. The molecule has 92 valence electrons. The standard InChI is InChI=1S/C15H27N/c1-4-6-7-11-16-15-10-8-9-14(5-2)12-13(15)3/h8,10,13-14H,4-7,9,11-12H2,1-3H3. The highest BCUT2D eigenvalue weighted by molar-refractivity contribution is 5.96. The molecule has 1 nitrogen and oxygen atoms in total. The topological polar surface area (TPSA) is 12.4 Å². The molecule has 0 bridgehead atoms. The van der Waals surface area contributed by atoms with E-state index >= 15 is 0 Å². The van der Waals surface area contributed by atoms with Crippen molar-refractivity contribution in [3.8, 4) is 0 Å². The van der Waals surface area contributed by atoms with Crippen molar-refractivity contribution in [2.24, 2.45) is 16.8 Å². The summed E-state index contributed by atoms with van der Waals surface area (Å²) in [6.07, 6.45) is 12.3. The molecule has 1 heteroatoms. The molecule has 0 saturated heterocycles. The first-order valence-electron chi connectivity index (χ1n) is 6.98. The Hall–Kier alpha value is -0.590. The van der Waals surface area contributed by atoms with Crippen molar-refractivity contribution < 1.29 is 0 Å². The van der Waals surface area contributed by atoms with E-state index < -0.39 is 0 Å². The molecule has 0 aromatic carbocycles. The van der Waals surface area contributed by atoms with Crippen LogP contribution in [-0.4, -0.2) is 12.3 Å². The first-order chi connectivity index (χ1) is 7.77. The van der Waals surface area contributed by atoms with Crippen molar-refractivity contribution in [1.29, 1.82) is 0 Å². The van der Waals surface area contributed by atoms with Crippen LogP contribution in [0, 0.1) is 11.8 Å². The van der Waals surface area contributed by atoms with Crippen molar-refractivity contribution >= 4 is 5.71 Å². The van der Waals surface area contributed by atoms with E-state index in [0.29, 0.717) is 5.92 Å². The number of hydrogen-bond acceptors (Lipinski definition) is 1. The number of aliphatic imine (C=N–C) groups is 1. The average molecular weight is 221 g/mol. The van der Waals surface area contributed by atoms with Gasteiger partial charge in [-0.25, -0.2) is 0 Å². The Kier molecular flexibility index (Phi) is 6.44. The second-order valence-corrected chi connectivity index (χ2v) is 5.06. The van der Waals surface area contributed by atoms with Crippen LogP contribution in [0.3, 0.4) is 0 Å². The number of unbranched alkanes of at least 4 members (excludes halogenated alkanes) is 2. The van der Waals surface area contributed by atoms with Gasteiger partial charge in [-0.3, -0.25) is 4.99 Å². The third-order valence-corrected chi connectivity index (χ3v) is 3.58. The third-order valence-electron chi connectivity index (χ3n) is 3.58. The van der Waals surface area contributed by atoms with Crippen LogP contribution in [0.5, 0.6) is 0 Å². The number of rotatable bonds is 5. The van der Waals surface area contributed by atoms with Crippen molar-refractivity contribution in [3.05, 3.63) is 12.2 Å². The van der Waals surface area contributed by atoms with Crippen molar-refractivity contribution in [2.45, 2.75) is 59.3 Å².